The third-order valence-electron chi connectivity index (χ3n) is 2.69. The van der Waals surface area contributed by atoms with E-state index in [1.165, 1.54) is 24.4 Å². The lowest BCUT2D eigenvalue weighted by Gasteiger charge is -2.08. The molecule has 1 saturated carbocycles. The van der Waals surface area contributed by atoms with Gasteiger partial charge >= 0.3 is 0 Å². The lowest BCUT2D eigenvalue weighted by atomic mass is 10.3. The van der Waals surface area contributed by atoms with E-state index in [9.17, 15) is 0 Å². The fraction of sp³-hybridized carbons (Fsp3) is 0.455. The zero-order chi connectivity index (χ0) is 11.0. The maximum atomic E-state index is 5.33. The number of hydrogen-bond acceptors (Lipinski definition) is 5. The average Bonchev–Trinajstić information content (AvgIpc) is 2.82. The van der Waals surface area contributed by atoms with Crippen molar-refractivity contribution >= 4 is 16.7 Å². The first-order chi connectivity index (χ1) is 7.83. The summed E-state index contributed by atoms with van der Waals surface area (Å²) in [5.74, 6) is 2.54. The molecule has 0 aliphatic heterocycles. The molecule has 2 aromatic heterocycles. The summed E-state index contributed by atoms with van der Waals surface area (Å²) in [6, 6.07) is 3.99. The van der Waals surface area contributed by atoms with Crippen LogP contribution in [0.15, 0.2) is 22.8 Å². The second-order valence-electron chi connectivity index (χ2n) is 4.11. The van der Waals surface area contributed by atoms with Gasteiger partial charge in [-0.15, -0.1) is 0 Å². The van der Waals surface area contributed by atoms with E-state index in [2.05, 4.69) is 21.6 Å². The Morgan fingerprint density at radius 1 is 1.56 bits per heavy atom. The zero-order valence-electron chi connectivity index (χ0n) is 9.01. The molecule has 3 rings (SSSR count). The maximum Gasteiger partial charge on any atom is 0.203 e. The summed E-state index contributed by atoms with van der Waals surface area (Å²) in [7, 11) is 0. The highest BCUT2D eigenvalue weighted by Gasteiger charge is 2.28. The third-order valence-corrected chi connectivity index (χ3v) is 3.35. The van der Waals surface area contributed by atoms with Crippen LogP contribution in [0, 0.1) is 0 Å². The minimum atomic E-state index is 0.134. The molecule has 0 aromatic carbocycles. The van der Waals surface area contributed by atoms with Crippen LogP contribution >= 0.6 is 11.5 Å². The fourth-order valence-corrected chi connectivity index (χ4v) is 2.33. The van der Waals surface area contributed by atoms with E-state index in [0.29, 0.717) is 5.92 Å². The van der Waals surface area contributed by atoms with Crippen molar-refractivity contribution in [2.75, 3.05) is 5.32 Å². The van der Waals surface area contributed by atoms with Crippen LogP contribution in [0.1, 0.15) is 43.3 Å². The second kappa shape index (κ2) is 3.90. The van der Waals surface area contributed by atoms with Gasteiger partial charge in [0.2, 0.25) is 5.13 Å². The van der Waals surface area contributed by atoms with Crippen LogP contribution in [0.4, 0.5) is 5.13 Å². The van der Waals surface area contributed by atoms with Crippen LogP contribution in [-0.4, -0.2) is 9.36 Å². The van der Waals surface area contributed by atoms with E-state index in [1.54, 1.807) is 6.26 Å². The van der Waals surface area contributed by atoms with Crippen molar-refractivity contribution in [2.45, 2.75) is 31.7 Å². The molecule has 1 aliphatic carbocycles. The minimum Gasteiger partial charge on any atom is -0.467 e. The van der Waals surface area contributed by atoms with Gasteiger partial charge in [0.1, 0.15) is 11.6 Å². The molecule has 0 radical (unpaired) electrons. The molecule has 2 aromatic rings. The predicted molar refractivity (Wildman–Crippen MR) is 62.6 cm³/mol. The van der Waals surface area contributed by atoms with Gasteiger partial charge in [0.25, 0.3) is 0 Å². The predicted octanol–water partition coefficient (Wildman–Crippen LogP) is 3.18. The van der Waals surface area contributed by atoms with Crippen LogP contribution in [0.25, 0.3) is 0 Å². The molecule has 84 valence electrons. The Kier molecular flexibility index (Phi) is 2.40. The largest absolute Gasteiger partial charge is 0.467 e. The first kappa shape index (κ1) is 9.84. The Morgan fingerprint density at radius 3 is 3.12 bits per heavy atom. The molecule has 1 unspecified atom stereocenters. The zero-order valence-corrected chi connectivity index (χ0v) is 9.83. The summed E-state index contributed by atoms with van der Waals surface area (Å²) in [5.41, 5.74) is 0. The van der Waals surface area contributed by atoms with Crippen molar-refractivity contribution in [1.82, 2.24) is 9.36 Å². The van der Waals surface area contributed by atoms with Gasteiger partial charge in [-0.2, -0.15) is 4.37 Å². The summed E-state index contributed by atoms with van der Waals surface area (Å²) in [6.45, 7) is 2.05. The number of anilines is 1. The molecular weight excluding hydrogens is 222 g/mol. The molecule has 1 N–H and O–H groups in total. The summed E-state index contributed by atoms with van der Waals surface area (Å²) in [6.07, 6.45) is 4.16. The molecule has 4 nitrogen and oxygen atoms in total. The first-order valence-electron chi connectivity index (χ1n) is 5.46. The van der Waals surface area contributed by atoms with Crippen molar-refractivity contribution in [3.05, 3.63) is 30.0 Å². The Bertz CT molecular complexity index is 461. The van der Waals surface area contributed by atoms with Crippen molar-refractivity contribution < 1.29 is 4.42 Å². The highest BCUT2D eigenvalue weighted by Crippen LogP contribution is 2.39. The SMILES string of the molecule is CC(Nc1nc(C2CC2)ns1)c1ccco1. The third kappa shape index (κ3) is 1.95. The van der Waals surface area contributed by atoms with Crippen LogP contribution in [0.3, 0.4) is 0 Å². The van der Waals surface area contributed by atoms with Crippen molar-refractivity contribution in [3.63, 3.8) is 0 Å². The summed E-state index contributed by atoms with van der Waals surface area (Å²) in [5, 5.41) is 4.18. The highest BCUT2D eigenvalue weighted by atomic mass is 32.1. The summed E-state index contributed by atoms with van der Waals surface area (Å²) < 4.78 is 9.68. The van der Waals surface area contributed by atoms with Crippen molar-refractivity contribution in [3.8, 4) is 0 Å². The lowest BCUT2D eigenvalue weighted by Crippen LogP contribution is -2.05. The van der Waals surface area contributed by atoms with Gasteiger partial charge < -0.3 is 9.73 Å². The van der Waals surface area contributed by atoms with E-state index in [0.717, 1.165) is 16.7 Å². The fourth-order valence-electron chi connectivity index (χ4n) is 1.59. The quantitative estimate of drug-likeness (QED) is 0.884. The number of furan rings is 1. The number of nitrogens with one attached hydrogen (secondary N) is 1. The van der Waals surface area contributed by atoms with Gasteiger partial charge in [-0.05, 0) is 31.9 Å². The number of nitrogens with zero attached hydrogens (tertiary/aromatic N) is 2. The Labute approximate surface area is 97.9 Å². The van der Waals surface area contributed by atoms with Crippen LogP contribution in [0.2, 0.25) is 0 Å². The Hall–Kier alpha value is -1.36. The van der Waals surface area contributed by atoms with Crippen LogP contribution < -0.4 is 5.32 Å². The van der Waals surface area contributed by atoms with E-state index in [4.69, 9.17) is 4.42 Å². The summed E-state index contributed by atoms with van der Waals surface area (Å²) in [4.78, 5) is 4.48. The average molecular weight is 235 g/mol. The number of rotatable bonds is 4. The topological polar surface area (TPSA) is 51.0 Å². The highest BCUT2D eigenvalue weighted by molar-refractivity contribution is 7.09. The van der Waals surface area contributed by atoms with Gasteiger partial charge in [0.15, 0.2) is 0 Å². The lowest BCUT2D eigenvalue weighted by molar-refractivity contribution is 0.490. The molecule has 0 amide bonds. The van der Waals surface area contributed by atoms with E-state index in [-0.39, 0.29) is 6.04 Å². The molecule has 1 fully saturated rings. The van der Waals surface area contributed by atoms with Crippen LogP contribution in [-0.2, 0) is 0 Å². The van der Waals surface area contributed by atoms with Gasteiger partial charge in [0.05, 0.1) is 12.3 Å². The molecule has 1 atom stereocenters. The standard InChI is InChI=1S/C11H13N3OS/c1-7(9-3-2-6-15-9)12-11-13-10(14-16-11)8-4-5-8/h2-3,6-8H,4-5H2,1H3,(H,12,13,14). The van der Waals surface area contributed by atoms with Gasteiger partial charge in [-0.1, -0.05) is 0 Å². The molecule has 1 aliphatic rings. The minimum absolute atomic E-state index is 0.134. The van der Waals surface area contributed by atoms with E-state index in [1.807, 2.05) is 12.1 Å². The van der Waals surface area contributed by atoms with E-state index >= 15 is 0 Å². The number of aromatic nitrogens is 2. The molecule has 0 saturated heterocycles. The van der Waals surface area contributed by atoms with Gasteiger partial charge in [0, 0.05) is 17.5 Å². The van der Waals surface area contributed by atoms with Gasteiger partial charge in [-0.25, -0.2) is 4.98 Å². The molecule has 5 heteroatoms. The molecule has 16 heavy (non-hydrogen) atoms. The van der Waals surface area contributed by atoms with E-state index < -0.39 is 0 Å². The Balaban J connectivity index is 1.68. The van der Waals surface area contributed by atoms with Crippen molar-refractivity contribution in [1.29, 1.82) is 0 Å². The molecule has 2 heterocycles. The first-order valence-corrected chi connectivity index (χ1v) is 6.24. The second-order valence-corrected chi connectivity index (χ2v) is 4.87. The molecule has 0 spiro atoms. The smallest absolute Gasteiger partial charge is 0.203 e. The normalized spacial score (nSPS) is 17.3. The molecule has 0 bridgehead atoms. The number of hydrogen-bond donors (Lipinski definition) is 1. The van der Waals surface area contributed by atoms with Crippen LogP contribution in [0.5, 0.6) is 0 Å². The molecular formula is C11H13N3OS. The monoisotopic (exact) mass is 235 g/mol. The van der Waals surface area contributed by atoms with Gasteiger partial charge in [-0.3, -0.25) is 0 Å². The van der Waals surface area contributed by atoms with Crippen molar-refractivity contribution in [2.24, 2.45) is 0 Å². The maximum absolute atomic E-state index is 5.33. The Morgan fingerprint density at radius 2 is 2.44 bits per heavy atom. The summed E-state index contributed by atoms with van der Waals surface area (Å²) >= 11 is 1.43.